The van der Waals surface area contributed by atoms with Crippen LogP contribution in [0.4, 0.5) is 0 Å². The summed E-state index contributed by atoms with van der Waals surface area (Å²) in [5.41, 5.74) is 0. The molecule has 10 heavy (non-hydrogen) atoms. The van der Waals surface area contributed by atoms with Gasteiger partial charge in [-0.1, -0.05) is 0 Å². The second-order valence-electron chi connectivity index (χ2n) is 0.519. The molecule has 0 atom stereocenters. The molecule has 0 saturated carbocycles. The molecule has 0 bridgehead atoms. The van der Waals surface area contributed by atoms with E-state index in [1.54, 1.807) is 0 Å². The Labute approximate surface area is 131 Å². The Morgan fingerprint density at radius 3 is 1.20 bits per heavy atom. The van der Waals surface area contributed by atoms with Gasteiger partial charge in [-0.05, 0) is 0 Å². The third kappa shape index (κ3) is 183. The van der Waals surface area contributed by atoms with Crippen molar-refractivity contribution in [3.05, 3.63) is 0 Å². The van der Waals surface area contributed by atoms with Gasteiger partial charge < -0.3 is 27.2 Å². The van der Waals surface area contributed by atoms with Crippen molar-refractivity contribution in [2.24, 2.45) is 0 Å². The van der Waals surface area contributed by atoms with Crippen molar-refractivity contribution >= 4 is 93.9 Å². The number of carboxylic acid groups (broad SMARTS) is 1. The molecule has 5 nitrogen and oxygen atoms in total. The second-order valence-corrected chi connectivity index (χ2v) is 0.519. The Morgan fingerprint density at radius 2 is 1.20 bits per heavy atom. The molecule has 64 valence electrons. The Hall–Kier alpha value is 2.16. The fourth-order valence-corrected chi connectivity index (χ4v) is 0. The van der Waals surface area contributed by atoms with Crippen molar-refractivity contribution in [3.8, 4) is 0 Å². The van der Waals surface area contributed by atoms with Crippen molar-refractivity contribution in [2.75, 3.05) is 0 Å². The normalized spacial score (nSPS) is 2.50. The van der Waals surface area contributed by atoms with Crippen LogP contribution in [0.1, 0.15) is 12.6 Å². The van der Waals surface area contributed by atoms with Gasteiger partial charge in [0.05, 0.1) is 0 Å². The van der Waals surface area contributed by atoms with Gasteiger partial charge in [0, 0.05) is 6.92 Å². The predicted molar refractivity (Wildman–Crippen MR) is 47.4 cm³/mol. The number of hydrogen-bond donors (Lipinski definition) is 1. The maximum Gasteiger partial charge on any atom is 2.00 e. The van der Waals surface area contributed by atoms with E-state index < -0.39 is 5.97 Å². The minimum absolute atomic E-state index is 0. The standard InChI is InChI=1S/C2H4O2.2Ca.ClH.3H2O.4H/c1-2(3)4;;;;;;;;;;/h1H3,(H,3,4);;;1H;3*1H2;;;;/q;2*+2;;;;;4*-1. The first-order valence-electron chi connectivity index (χ1n) is 0.928. The van der Waals surface area contributed by atoms with E-state index in [2.05, 4.69) is 0 Å². The van der Waals surface area contributed by atoms with E-state index in [0.29, 0.717) is 0 Å². The van der Waals surface area contributed by atoms with Gasteiger partial charge in [-0.25, -0.2) is 0 Å². The monoisotopic (exact) mass is 234 g/mol. The summed E-state index contributed by atoms with van der Waals surface area (Å²) >= 11 is 0. The Balaban J connectivity index is -0.000000001000. The molecule has 0 spiro atoms. The van der Waals surface area contributed by atoms with Gasteiger partial charge >= 0.3 is 75.5 Å². The number of aliphatic carboxylic acids is 1. The molecule has 0 radical (unpaired) electrons. The van der Waals surface area contributed by atoms with Crippen molar-refractivity contribution in [2.45, 2.75) is 6.92 Å². The summed E-state index contributed by atoms with van der Waals surface area (Å²) < 4.78 is 0. The molecule has 8 heteroatoms. The fraction of sp³-hybridized carbons (Fsp3) is 0.500. The molecule has 0 aliphatic heterocycles. The van der Waals surface area contributed by atoms with E-state index >= 15 is 0 Å². The van der Waals surface area contributed by atoms with Crippen LogP contribution >= 0.6 is 12.4 Å². The third-order valence-electron chi connectivity index (χ3n) is 0. The number of hydrogen-bond acceptors (Lipinski definition) is 1. The summed E-state index contributed by atoms with van der Waals surface area (Å²) in [6.45, 7) is 1.08. The zero-order valence-electron chi connectivity index (χ0n) is 9.68. The summed E-state index contributed by atoms with van der Waals surface area (Å²) in [5.74, 6) is -0.833. The van der Waals surface area contributed by atoms with Crippen molar-refractivity contribution in [1.29, 1.82) is 0 Å². The van der Waals surface area contributed by atoms with E-state index in [9.17, 15) is 0 Å². The van der Waals surface area contributed by atoms with Crippen LogP contribution in [-0.4, -0.2) is 103 Å². The van der Waals surface area contributed by atoms with Crippen molar-refractivity contribution in [3.63, 3.8) is 0 Å². The topological polar surface area (TPSA) is 132 Å². The molecule has 0 aliphatic rings. The first-order chi connectivity index (χ1) is 1.73. The molecular weight excluding hydrogens is 220 g/mol. The van der Waals surface area contributed by atoms with Gasteiger partial charge in [-0.3, -0.25) is 4.79 Å². The van der Waals surface area contributed by atoms with Crippen LogP contribution in [0.5, 0.6) is 0 Å². The SMILES string of the molecule is CC(=O)O.Cl.O.O.O.[Ca+2].[Ca+2].[H-].[H-].[H-].[H-]. The van der Waals surface area contributed by atoms with Gasteiger partial charge in [0.25, 0.3) is 5.97 Å². The van der Waals surface area contributed by atoms with Crippen LogP contribution in [0, 0.1) is 0 Å². The molecule has 0 aromatic rings. The van der Waals surface area contributed by atoms with Crippen LogP contribution in [0.2, 0.25) is 0 Å². The molecule has 0 aromatic carbocycles. The van der Waals surface area contributed by atoms with Crippen LogP contribution in [0.3, 0.4) is 0 Å². The van der Waals surface area contributed by atoms with Gasteiger partial charge in [-0.2, -0.15) is 0 Å². The molecule has 7 N–H and O–H groups in total. The molecule has 0 fully saturated rings. The maximum absolute atomic E-state index is 9.00. The van der Waals surface area contributed by atoms with Gasteiger partial charge in [0.15, 0.2) is 0 Å². The van der Waals surface area contributed by atoms with Gasteiger partial charge in [-0.15, -0.1) is 12.4 Å². The molecule has 0 aliphatic carbocycles. The number of rotatable bonds is 0. The number of carbonyl (C=O) groups is 1. The van der Waals surface area contributed by atoms with Crippen LogP contribution < -0.4 is 0 Å². The zero-order valence-corrected chi connectivity index (χ0v) is 10.9. The van der Waals surface area contributed by atoms with Crippen LogP contribution in [0.15, 0.2) is 0 Å². The summed E-state index contributed by atoms with van der Waals surface area (Å²) in [6.07, 6.45) is 0. The Morgan fingerprint density at radius 1 is 1.20 bits per heavy atom. The average Bonchev–Trinajstić information content (AvgIpc) is 0.811. The molecule has 0 unspecified atom stereocenters. The van der Waals surface area contributed by atoms with Crippen molar-refractivity contribution < 1.29 is 32.0 Å². The van der Waals surface area contributed by atoms with E-state index in [4.69, 9.17) is 9.90 Å². The molecular formula is C2H15Ca2ClO5. The molecule has 0 rings (SSSR count). The number of halogens is 1. The predicted octanol–water partition coefficient (Wildman–Crippen LogP) is -2.27. The number of carboxylic acids is 1. The first kappa shape index (κ1) is 56.9. The largest absolute Gasteiger partial charge is 2.00 e. The minimum atomic E-state index is -0.833. The fourth-order valence-electron chi connectivity index (χ4n) is 0. The average molecular weight is 235 g/mol. The van der Waals surface area contributed by atoms with Crippen molar-refractivity contribution in [1.82, 2.24) is 0 Å². The maximum atomic E-state index is 9.00. The Kier molecular flexibility index (Phi) is 246. The minimum Gasteiger partial charge on any atom is -1.00 e. The molecule has 0 heterocycles. The second kappa shape index (κ2) is 43.3. The summed E-state index contributed by atoms with van der Waals surface area (Å²) in [4.78, 5) is 9.00. The van der Waals surface area contributed by atoms with Crippen LogP contribution in [-0.2, 0) is 4.79 Å². The molecule has 0 saturated heterocycles. The van der Waals surface area contributed by atoms with E-state index in [1.807, 2.05) is 0 Å². The van der Waals surface area contributed by atoms with Crippen LogP contribution in [0.25, 0.3) is 0 Å². The zero-order chi connectivity index (χ0) is 3.58. The van der Waals surface area contributed by atoms with E-state index in [-0.39, 0.29) is 110 Å². The molecule has 0 aromatic heterocycles. The first-order valence-corrected chi connectivity index (χ1v) is 0.928. The quantitative estimate of drug-likeness (QED) is 0.474. The Bertz CT molecular complexity index is 52.7. The third-order valence-corrected chi connectivity index (χ3v) is 0. The summed E-state index contributed by atoms with van der Waals surface area (Å²) in [7, 11) is 0. The van der Waals surface area contributed by atoms with Gasteiger partial charge in [0.2, 0.25) is 0 Å². The summed E-state index contributed by atoms with van der Waals surface area (Å²) in [6, 6.07) is 0. The smallest absolute Gasteiger partial charge is 1.00 e. The van der Waals surface area contributed by atoms with E-state index in [0.717, 1.165) is 6.92 Å². The molecule has 0 amide bonds. The van der Waals surface area contributed by atoms with Gasteiger partial charge in [0.1, 0.15) is 0 Å². The van der Waals surface area contributed by atoms with E-state index in [1.165, 1.54) is 0 Å². The summed E-state index contributed by atoms with van der Waals surface area (Å²) in [5, 5.41) is 7.42.